The highest BCUT2D eigenvalue weighted by atomic mass is 16.4. The van der Waals surface area contributed by atoms with Gasteiger partial charge in [0.15, 0.2) is 0 Å². The van der Waals surface area contributed by atoms with E-state index in [1.165, 1.54) is 0 Å². The van der Waals surface area contributed by atoms with Crippen LogP contribution in [0.1, 0.15) is 43.6 Å². The van der Waals surface area contributed by atoms with Crippen LogP contribution in [0.15, 0.2) is 6.20 Å². The second-order valence-electron chi connectivity index (χ2n) is 7.24. The molecule has 2 N–H and O–H groups in total. The second kappa shape index (κ2) is 6.83. The van der Waals surface area contributed by atoms with Gasteiger partial charge in [0.1, 0.15) is 5.82 Å². The lowest BCUT2D eigenvalue weighted by Gasteiger charge is -2.35. The first-order chi connectivity index (χ1) is 11.4. The van der Waals surface area contributed by atoms with E-state index in [1.54, 1.807) is 4.90 Å². The van der Waals surface area contributed by atoms with Gasteiger partial charge in [-0.25, -0.2) is 9.78 Å². The number of piperidine rings is 1. The molecule has 2 aliphatic heterocycles. The zero-order valence-electron chi connectivity index (χ0n) is 14.4. The average molecular weight is 334 g/mol. The summed E-state index contributed by atoms with van der Waals surface area (Å²) in [7, 11) is 0. The minimum Gasteiger partial charge on any atom is -0.481 e. The van der Waals surface area contributed by atoms with Gasteiger partial charge in [-0.2, -0.15) is 0 Å². The predicted octanol–water partition coefficient (Wildman–Crippen LogP) is 1.82. The second-order valence-corrected chi connectivity index (χ2v) is 7.24. The molecule has 1 fully saturated rings. The minimum absolute atomic E-state index is 0.159. The summed E-state index contributed by atoms with van der Waals surface area (Å²) >= 11 is 0. The van der Waals surface area contributed by atoms with E-state index in [0.717, 1.165) is 30.9 Å². The van der Waals surface area contributed by atoms with Crippen molar-refractivity contribution in [1.82, 2.24) is 19.8 Å². The van der Waals surface area contributed by atoms with E-state index >= 15 is 0 Å². The quantitative estimate of drug-likeness (QED) is 0.883. The summed E-state index contributed by atoms with van der Waals surface area (Å²) in [6.45, 7) is 6.44. The molecule has 2 amide bonds. The van der Waals surface area contributed by atoms with E-state index in [2.05, 4.69) is 21.1 Å². The molecule has 3 rings (SSSR count). The Kier molecular flexibility index (Phi) is 4.78. The third-order valence-corrected chi connectivity index (χ3v) is 5.04. The van der Waals surface area contributed by atoms with Gasteiger partial charge in [-0.15, -0.1) is 0 Å². The van der Waals surface area contributed by atoms with Crippen molar-refractivity contribution in [2.75, 3.05) is 19.6 Å². The fourth-order valence-electron chi connectivity index (χ4n) is 3.92. The lowest BCUT2D eigenvalue weighted by atomic mass is 9.91. The van der Waals surface area contributed by atoms with E-state index in [1.807, 2.05) is 13.8 Å². The molecule has 1 aromatic rings. The van der Waals surface area contributed by atoms with Gasteiger partial charge in [0.05, 0.1) is 11.6 Å². The highest BCUT2D eigenvalue weighted by Crippen LogP contribution is 2.26. The van der Waals surface area contributed by atoms with Gasteiger partial charge in [0.25, 0.3) is 0 Å². The molecule has 0 saturated carbocycles. The molecular formula is C17H26N4O3. The number of carbonyl (C=O) groups is 2. The van der Waals surface area contributed by atoms with Crippen LogP contribution in [0.2, 0.25) is 0 Å². The number of carboxylic acid groups (broad SMARTS) is 1. The number of urea groups is 1. The topological polar surface area (TPSA) is 87.5 Å². The molecule has 1 aromatic heterocycles. The SMILES string of the molecule is Cc1cn2c(n1)C(CNC(=O)N1CC(C)CC(C(=O)O)C1)CCC2. The number of aryl methyl sites for hydroxylation is 2. The van der Waals surface area contributed by atoms with Crippen LogP contribution >= 0.6 is 0 Å². The van der Waals surface area contributed by atoms with Crippen LogP contribution in [0.5, 0.6) is 0 Å². The fraction of sp³-hybridized carbons (Fsp3) is 0.706. The molecule has 3 heterocycles. The van der Waals surface area contributed by atoms with Crippen LogP contribution in [0.3, 0.4) is 0 Å². The summed E-state index contributed by atoms with van der Waals surface area (Å²) in [5, 5.41) is 12.2. The van der Waals surface area contributed by atoms with E-state index in [9.17, 15) is 14.7 Å². The molecule has 1 saturated heterocycles. The number of aromatic nitrogens is 2. The molecule has 2 aliphatic rings. The van der Waals surface area contributed by atoms with Crippen molar-refractivity contribution in [1.29, 1.82) is 0 Å². The molecule has 3 atom stereocenters. The maximum atomic E-state index is 12.5. The van der Waals surface area contributed by atoms with E-state index < -0.39 is 11.9 Å². The first-order valence-electron chi connectivity index (χ1n) is 8.73. The van der Waals surface area contributed by atoms with Crippen molar-refractivity contribution >= 4 is 12.0 Å². The molecule has 7 nitrogen and oxygen atoms in total. The van der Waals surface area contributed by atoms with E-state index in [4.69, 9.17) is 0 Å². The Balaban J connectivity index is 1.59. The number of carbonyl (C=O) groups excluding carboxylic acids is 1. The standard InChI is InChI=1S/C17H26N4O3/c1-11-6-14(16(22)23)10-21(8-11)17(24)18-7-13-4-3-5-20-9-12(2)19-15(13)20/h9,11,13-14H,3-8,10H2,1-2H3,(H,18,24)(H,22,23). The number of carboxylic acids is 1. The van der Waals surface area contributed by atoms with Crippen molar-refractivity contribution < 1.29 is 14.7 Å². The molecule has 132 valence electrons. The first kappa shape index (κ1) is 16.8. The van der Waals surface area contributed by atoms with Crippen molar-refractivity contribution in [2.45, 2.75) is 45.6 Å². The van der Waals surface area contributed by atoms with Gasteiger partial charge >= 0.3 is 12.0 Å². The van der Waals surface area contributed by atoms with E-state index in [0.29, 0.717) is 26.1 Å². The molecule has 7 heteroatoms. The van der Waals surface area contributed by atoms with Crippen LogP contribution in [-0.2, 0) is 11.3 Å². The van der Waals surface area contributed by atoms with Crippen molar-refractivity contribution in [3.63, 3.8) is 0 Å². The van der Waals surface area contributed by atoms with Gasteiger partial charge in [-0.3, -0.25) is 4.79 Å². The lowest BCUT2D eigenvalue weighted by molar-refractivity contribution is -0.143. The Morgan fingerprint density at radius 2 is 2.21 bits per heavy atom. The van der Waals surface area contributed by atoms with Gasteiger partial charge in [-0.1, -0.05) is 6.92 Å². The van der Waals surface area contributed by atoms with Gasteiger partial charge in [-0.05, 0) is 32.1 Å². The van der Waals surface area contributed by atoms with Crippen LogP contribution in [0, 0.1) is 18.8 Å². The van der Waals surface area contributed by atoms with Gasteiger partial charge < -0.3 is 19.9 Å². The smallest absolute Gasteiger partial charge is 0.317 e. The number of fused-ring (bicyclic) bond motifs is 1. The highest BCUT2D eigenvalue weighted by Gasteiger charge is 2.32. The fourth-order valence-corrected chi connectivity index (χ4v) is 3.92. The minimum atomic E-state index is -0.816. The zero-order chi connectivity index (χ0) is 17.3. The number of aliphatic carboxylic acids is 1. The number of nitrogens with zero attached hydrogens (tertiary/aromatic N) is 3. The summed E-state index contributed by atoms with van der Waals surface area (Å²) in [5.41, 5.74) is 1.01. The molecule has 0 aromatic carbocycles. The Labute approximate surface area is 142 Å². The number of likely N-dealkylation sites (tertiary alicyclic amines) is 1. The number of amides is 2. The predicted molar refractivity (Wildman–Crippen MR) is 88.8 cm³/mol. The molecular weight excluding hydrogens is 308 g/mol. The van der Waals surface area contributed by atoms with Crippen molar-refractivity contribution in [2.24, 2.45) is 11.8 Å². The van der Waals surface area contributed by atoms with Gasteiger partial charge in [0, 0.05) is 38.3 Å². The Hall–Kier alpha value is -2.05. The van der Waals surface area contributed by atoms with Crippen molar-refractivity contribution in [3.05, 3.63) is 17.7 Å². The molecule has 3 unspecified atom stereocenters. The van der Waals surface area contributed by atoms with Crippen LogP contribution in [-0.4, -0.2) is 51.2 Å². The van der Waals surface area contributed by atoms with Crippen molar-refractivity contribution in [3.8, 4) is 0 Å². The Morgan fingerprint density at radius 1 is 1.42 bits per heavy atom. The van der Waals surface area contributed by atoms with Gasteiger partial charge in [0.2, 0.25) is 0 Å². The number of imidazole rings is 1. The molecule has 24 heavy (non-hydrogen) atoms. The van der Waals surface area contributed by atoms with E-state index in [-0.39, 0.29) is 17.9 Å². The number of hydrogen-bond donors (Lipinski definition) is 2. The number of hydrogen-bond acceptors (Lipinski definition) is 3. The maximum absolute atomic E-state index is 12.5. The monoisotopic (exact) mass is 334 g/mol. The summed E-state index contributed by atoms with van der Waals surface area (Å²) in [6.07, 6.45) is 4.81. The normalized spacial score (nSPS) is 26.8. The number of nitrogens with one attached hydrogen (secondary N) is 1. The Morgan fingerprint density at radius 3 is 2.96 bits per heavy atom. The summed E-state index contributed by atoms with van der Waals surface area (Å²) < 4.78 is 2.18. The molecule has 0 radical (unpaired) electrons. The molecule has 0 aliphatic carbocycles. The third-order valence-electron chi connectivity index (χ3n) is 5.04. The van der Waals surface area contributed by atoms with Crippen LogP contribution in [0.4, 0.5) is 4.79 Å². The lowest BCUT2D eigenvalue weighted by Crippen LogP contribution is -2.50. The highest BCUT2D eigenvalue weighted by molar-refractivity contribution is 5.76. The summed E-state index contributed by atoms with van der Waals surface area (Å²) in [5.74, 6) is 0.213. The first-order valence-corrected chi connectivity index (χ1v) is 8.73. The largest absolute Gasteiger partial charge is 0.481 e. The molecule has 0 bridgehead atoms. The maximum Gasteiger partial charge on any atom is 0.317 e. The third kappa shape index (κ3) is 3.55. The van der Waals surface area contributed by atoms with Crippen LogP contribution < -0.4 is 5.32 Å². The van der Waals surface area contributed by atoms with Crippen LogP contribution in [0.25, 0.3) is 0 Å². The zero-order valence-corrected chi connectivity index (χ0v) is 14.4. The summed E-state index contributed by atoms with van der Waals surface area (Å²) in [6, 6.07) is -0.159. The Bertz CT molecular complexity index is 627. The molecule has 0 spiro atoms. The summed E-state index contributed by atoms with van der Waals surface area (Å²) in [4.78, 5) is 29.9. The number of rotatable bonds is 3. The average Bonchev–Trinajstić information content (AvgIpc) is 2.92.